The zero-order valence-electron chi connectivity index (χ0n) is 11.4. The normalized spacial score (nSPS) is 13.2. The van der Waals surface area contributed by atoms with Gasteiger partial charge in [0.15, 0.2) is 0 Å². The highest BCUT2D eigenvalue weighted by molar-refractivity contribution is 6.33. The summed E-state index contributed by atoms with van der Waals surface area (Å²) in [5.41, 5.74) is 0. The molecule has 0 bridgehead atoms. The lowest BCUT2D eigenvalue weighted by Gasteiger charge is -2.24. The van der Waals surface area contributed by atoms with Crippen molar-refractivity contribution in [3.63, 3.8) is 0 Å². The Balaban J connectivity index is 3.91. The Kier molecular flexibility index (Phi) is 9.71. The molecule has 0 rings (SSSR count). The van der Waals surface area contributed by atoms with Gasteiger partial charge in [0.1, 0.15) is 0 Å². The minimum absolute atomic E-state index is 0.118. The van der Waals surface area contributed by atoms with E-state index in [2.05, 4.69) is 25.7 Å². The smallest absolute Gasteiger partial charge is 0.317 e. The second-order valence-electron chi connectivity index (χ2n) is 4.52. The molecule has 0 aromatic carbocycles. The van der Waals surface area contributed by atoms with Crippen LogP contribution in [0.5, 0.6) is 0 Å². The van der Waals surface area contributed by atoms with Gasteiger partial charge in [-0.2, -0.15) is 0 Å². The van der Waals surface area contributed by atoms with E-state index in [0.717, 1.165) is 26.1 Å². The van der Waals surface area contributed by atoms with Gasteiger partial charge in [0, 0.05) is 39.4 Å². The molecule has 0 aromatic rings. The molecular weight excluding hydrogens is 232 g/mol. The molecule has 5 heteroatoms. The minimum Gasteiger partial charge on any atom is -0.338 e. The van der Waals surface area contributed by atoms with Crippen LogP contribution in [0.1, 0.15) is 20.3 Å². The number of carbonyl (C=O) groups is 1. The lowest BCUT2D eigenvalue weighted by Crippen LogP contribution is -2.42. The monoisotopic (exact) mass is 260 g/mol. The van der Waals surface area contributed by atoms with Crippen LogP contribution in [-0.2, 0) is 0 Å². The number of hydrogen-bond acceptors (Lipinski definition) is 1. The van der Waals surface area contributed by atoms with Gasteiger partial charge in [0.25, 0.3) is 0 Å². The highest BCUT2D eigenvalue weighted by Gasteiger charge is 2.13. The van der Waals surface area contributed by atoms with Gasteiger partial charge in [0.05, 0.1) is 0 Å². The van der Waals surface area contributed by atoms with E-state index in [9.17, 15) is 4.79 Å². The van der Waals surface area contributed by atoms with E-state index >= 15 is 0 Å². The van der Waals surface area contributed by atoms with E-state index in [4.69, 9.17) is 0 Å². The molecule has 96 valence electrons. The van der Waals surface area contributed by atoms with E-state index in [1.54, 1.807) is 0 Å². The molecule has 0 aliphatic carbocycles. The molecule has 0 radical (unpaired) electrons. The van der Waals surface area contributed by atoms with Crippen molar-refractivity contribution in [3.8, 4) is 0 Å². The molecule has 0 fully saturated rings. The minimum atomic E-state index is 0.118. The van der Waals surface area contributed by atoms with Crippen molar-refractivity contribution in [1.29, 1.82) is 0 Å². The summed E-state index contributed by atoms with van der Waals surface area (Å²) in [4.78, 5) is 13.8. The van der Waals surface area contributed by atoms with Crippen LogP contribution in [0.2, 0.25) is 18.6 Å². The van der Waals surface area contributed by atoms with Crippen LogP contribution in [0.15, 0.2) is 0 Å². The highest BCUT2D eigenvalue weighted by Crippen LogP contribution is 2.05. The standard InChI is InChI=1S/C11H28N2OSi2/c1-4-13(8-10(2)9-16-3)11(14)12-6-5-7-15/h10H,4-9,16H2,1-3,15H3,(H,12,14). The summed E-state index contributed by atoms with van der Waals surface area (Å²) < 4.78 is 0. The molecule has 0 spiro atoms. The van der Waals surface area contributed by atoms with Crippen molar-refractivity contribution >= 4 is 25.8 Å². The Bertz CT molecular complexity index is 191. The van der Waals surface area contributed by atoms with Crippen LogP contribution in [0, 0.1) is 5.92 Å². The summed E-state index contributed by atoms with van der Waals surface area (Å²) in [7, 11) is 1.35. The summed E-state index contributed by atoms with van der Waals surface area (Å²) in [6.45, 7) is 9.23. The molecule has 0 aliphatic rings. The van der Waals surface area contributed by atoms with Crippen LogP contribution in [-0.4, -0.2) is 50.3 Å². The first kappa shape index (κ1) is 15.7. The molecule has 1 N–H and O–H groups in total. The largest absolute Gasteiger partial charge is 0.338 e. The van der Waals surface area contributed by atoms with Gasteiger partial charge in [-0.15, -0.1) is 0 Å². The molecule has 0 heterocycles. The van der Waals surface area contributed by atoms with Gasteiger partial charge in [-0.05, 0) is 19.3 Å². The van der Waals surface area contributed by atoms with Crippen LogP contribution in [0.4, 0.5) is 4.79 Å². The third-order valence-corrected chi connectivity index (χ3v) is 5.06. The predicted octanol–water partition coefficient (Wildman–Crippen LogP) is 0.463. The summed E-state index contributed by atoms with van der Waals surface area (Å²) in [5.74, 6) is 0.668. The Hall–Kier alpha value is -0.296. The van der Waals surface area contributed by atoms with Crippen molar-refractivity contribution in [1.82, 2.24) is 10.2 Å². The van der Waals surface area contributed by atoms with Crippen LogP contribution < -0.4 is 5.32 Å². The average Bonchev–Trinajstić information content (AvgIpc) is 2.26. The summed E-state index contributed by atoms with van der Waals surface area (Å²) >= 11 is 0. The van der Waals surface area contributed by atoms with Crippen LogP contribution in [0.25, 0.3) is 0 Å². The Morgan fingerprint density at radius 2 is 2.25 bits per heavy atom. The predicted molar refractivity (Wildman–Crippen MR) is 78.4 cm³/mol. The first-order valence-corrected chi connectivity index (χ1v) is 10.5. The Morgan fingerprint density at radius 1 is 1.56 bits per heavy atom. The number of nitrogens with zero attached hydrogens (tertiary/aromatic N) is 1. The zero-order valence-corrected chi connectivity index (χ0v) is 14.8. The fourth-order valence-electron chi connectivity index (χ4n) is 1.80. The first-order valence-electron chi connectivity index (χ1n) is 6.68. The van der Waals surface area contributed by atoms with Gasteiger partial charge < -0.3 is 10.2 Å². The quantitative estimate of drug-likeness (QED) is 0.499. The molecule has 2 amide bonds. The van der Waals surface area contributed by atoms with E-state index in [-0.39, 0.29) is 15.6 Å². The molecule has 1 unspecified atom stereocenters. The van der Waals surface area contributed by atoms with Crippen LogP contribution >= 0.6 is 0 Å². The second-order valence-corrected chi connectivity index (χ2v) is 7.10. The molecule has 16 heavy (non-hydrogen) atoms. The number of amides is 2. The number of hydrogen-bond donors (Lipinski definition) is 1. The van der Waals surface area contributed by atoms with Gasteiger partial charge in [-0.25, -0.2) is 4.79 Å². The van der Waals surface area contributed by atoms with E-state index in [0.29, 0.717) is 5.92 Å². The van der Waals surface area contributed by atoms with Gasteiger partial charge in [-0.3, -0.25) is 0 Å². The van der Waals surface area contributed by atoms with E-state index in [1.807, 2.05) is 4.90 Å². The number of carbonyl (C=O) groups excluding carboxylic acids is 1. The molecule has 3 nitrogen and oxygen atoms in total. The molecule has 0 saturated carbocycles. The Morgan fingerprint density at radius 3 is 2.75 bits per heavy atom. The molecule has 0 aliphatic heterocycles. The lowest BCUT2D eigenvalue weighted by atomic mass is 10.2. The van der Waals surface area contributed by atoms with Crippen molar-refractivity contribution in [2.75, 3.05) is 19.6 Å². The maximum absolute atomic E-state index is 11.8. The zero-order chi connectivity index (χ0) is 12.4. The van der Waals surface area contributed by atoms with Crippen LogP contribution in [0.3, 0.4) is 0 Å². The SMILES string of the molecule is CCN(CC(C)C[SiH2]C)C(=O)NCCC[SiH3]. The highest BCUT2D eigenvalue weighted by atomic mass is 28.2. The number of nitrogens with one attached hydrogen (secondary N) is 1. The van der Waals surface area contributed by atoms with Crippen molar-refractivity contribution in [2.45, 2.75) is 38.9 Å². The molecular formula is C11H28N2OSi2. The van der Waals surface area contributed by atoms with E-state index in [1.165, 1.54) is 22.3 Å². The second kappa shape index (κ2) is 9.90. The molecule has 0 saturated heterocycles. The van der Waals surface area contributed by atoms with Crippen molar-refractivity contribution in [3.05, 3.63) is 0 Å². The molecule has 0 aromatic heterocycles. The average molecular weight is 261 g/mol. The summed E-state index contributed by atoms with van der Waals surface area (Å²) in [6.07, 6.45) is 1.13. The number of rotatable bonds is 8. The summed E-state index contributed by atoms with van der Waals surface area (Å²) in [5, 5.41) is 3.00. The van der Waals surface area contributed by atoms with Gasteiger partial charge in [0.2, 0.25) is 0 Å². The lowest BCUT2D eigenvalue weighted by molar-refractivity contribution is 0.194. The Labute approximate surface area is 106 Å². The van der Waals surface area contributed by atoms with Gasteiger partial charge in [-0.1, -0.05) is 25.6 Å². The topological polar surface area (TPSA) is 32.3 Å². The third-order valence-electron chi connectivity index (χ3n) is 2.79. The van der Waals surface area contributed by atoms with E-state index < -0.39 is 0 Å². The maximum atomic E-state index is 11.8. The van der Waals surface area contributed by atoms with Crippen molar-refractivity contribution < 1.29 is 4.79 Å². The fraction of sp³-hybridized carbons (Fsp3) is 0.909. The maximum Gasteiger partial charge on any atom is 0.317 e. The first-order chi connectivity index (χ1) is 7.65. The summed E-state index contributed by atoms with van der Waals surface area (Å²) in [6, 6.07) is 2.73. The molecule has 1 atom stereocenters. The van der Waals surface area contributed by atoms with Crippen molar-refractivity contribution in [2.24, 2.45) is 5.92 Å². The van der Waals surface area contributed by atoms with Gasteiger partial charge >= 0.3 is 6.03 Å². The third kappa shape index (κ3) is 7.06. The fourth-order valence-corrected chi connectivity index (χ4v) is 3.32. The number of urea groups is 1.